The van der Waals surface area contributed by atoms with Crippen LogP contribution in [-0.2, 0) is 0 Å². The van der Waals surface area contributed by atoms with Crippen molar-refractivity contribution in [3.8, 4) is 0 Å². The molecule has 15 heavy (non-hydrogen) atoms. The van der Waals surface area contributed by atoms with E-state index in [4.69, 9.17) is 23.2 Å². The maximum absolute atomic E-state index is 6.02. The molecule has 1 aromatic rings. The Morgan fingerprint density at radius 1 is 1.20 bits per heavy atom. The van der Waals surface area contributed by atoms with Crippen molar-refractivity contribution in [3.05, 3.63) is 33.8 Å². The Bertz CT molecular complexity index is 376. The van der Waals surface area contributed by atoms with Gasteiger partial charge in [-0.05, 0) is 54.5 Å². The first kappa shape index (κ1) is 9.95. The average Bonchev–Trinajstić information content (AvgIpc) is 2.63. The van der Waals surface area contributed by atoms with Crippen LogP contribution in [0.5, 0.6) is 0 Å². The normalized spacial score (nSPS) is 33.6. The fourth-order valence-electron chi connectivity index (χ4n) is 2.83. The number of halogens is 2. The van der Waals surface area contributed by atoms with Gasteiger partial charge in [-0.25, -0.2) is 0 Å². The summed E-state index contributed by atoms with van der Waals surface area (Å²) < 4.78 is 0. The maximum Gasteiger partial charge on any atom is 0.0423 e. The van der Waals surface area contributed by atoms with Gasteiger partial charge in [0.15, 0.2) is 0 Å². The first-order chi connectivity index (χ1) is 7.20. The van der Waals surface area contributed by atoms with Gasteiger partial charge in [-0.1, -0.05) is 23.2 Å². The molecule has 1 saturated heterocycles. The zero-order chi connectivity index (χ0) is 10.5. The Labute approximate surface area is 99.8 Å². The van der Waals surface area contributed by atoms with E-state index in [0.29, 0.717) is 11.3 Å². The van der Waals surface area contributed by atoms with E-state index in [-0.39, 0.29) is 0 Å². The van der Waals surface area contributed by atoms with Crippen molar-refractivity contribution < 1.29 is 0 Å². The van der Waals surface area contributed by atoms with Gasteiger partial charge >= 0.3 is 0 Å². The lowest BCUT2D eigenvalue weighted by Crippen LogP contribution is -2.10. The molecule has 80 valence electrons. The SMILES string of the molecule is Clc1cc(Cl)cc(C2C[C@]23CCNC3)c1. The molecule has 1 N–H and O–H groups in total. The highest BCUT2D eigenvalue weighted by Crippen LogP contribution is 2.62. The molecule has 1 aliphatic heterocycles. The molecule has 2 fully saturated rings. The minimum absolute atomic E-state index is 0.522. The Balaban J connectivity index is 1.89. The fourth-order valence-corrected chi connectivity index (χ4v) is 3.37. The van der Waals surface area contributed by atoms with Crippen molar-refractivity contribution in [1.82, 2.24) is 5.32 Å². The summed E-state index contributed by atoms with van der Waals surface area (Å²) in [6, 6.07) is 5.92. The standard InChI is InChI=1S/C12H13Cl2N/c13-9-3-8(4-10(14)5-9)11-6-12(11)1-2-15-7-12/h3-5,11,15H,1-2,6-7H2/t11?,12-/m0/s1. The molecule has 1 saturated carbocycles. The predicted molar refractivity (Wildman–Crippen MR) is 63.7 cm³/mol. The van der Waals surface area contributed by atoms with Crippen molar-refractivity contribution in [2.24, 2.45) is 5.41 Å². The van der Waals surface area contributed by atoms with Crippen LogP contribution in [0.4, 0.5) is 0 Å². The molecule has 1 spiro atoms. The van der Waals surface area contributed by atoms with Crippen LogP contribution in [0, 0.1) is 5.41 Å². The van der Waals surface area contributed by atoms with Gasteiger partial charge in [-0.2, -0.15) is 0 Å². The van der Waals surface area contributed by atoms with Crippen LogP contribution in [0.15, 0.2) is 18.2 Å². The lowest BCUT2D eigenvalue weighted by atomic mass is 9.98. The Hall–Kier alpha value is -0.240. The Kier molecular flexibility index (Phi) is 2.24. The molecule has 1 aliphatic carbocycles. The zero-order valence-corrected chi connectivity index (χ0v) is 9.91. The van der Waals surface area contributed by atoms with E-state index in [2.05, 4.69) is 17.4 Å². The summed E-state index contributed by atoms with van der Waals surface area (Å²) in [6.45, 7) is 2.31. The third kappa shape index (κ3) is 1.67. The van der Waals surface area contributed by atoms with Gasteiger partial charge in [0.2, 0.25) is 0 Å². The topological polar surface area (TPSA) is 12.0 Å². The number of hydrogen-bond donors (Lipinski definition) is 1. The second kappa shape index (κ2) is 3.38. The van der Waals surface area contributed by atoms with Crippen LogP contribution in [0.25, 0.3) is 0 Å². The van der Waals surface area contributed by atoms with Gasteiger partial charge in [-0.3, -0.25) is 0 Å². The highest BCUT2D eigenvalue weighted by atomic mass is 35.5. The van der Waals surface area contributed by atoms with Crippen LogP contribution in [0.3, 0.4) is 0 Å². The van der Waals surface area contributed by atoms with Gasteiger partial charge in [0.1, 0.15) is 0 Å². The molecule has 1 heterocycles. The van der Waals surface area contributed by atoms with Crippen molar-refractivity contribution in [3.63, 3.8) is 0 Å². The summed E-state index contributed by atoms with van der Waals surface area (Å²) in [5, 5.41) is 4.95. The van der Waals surface area contributed by atoms with E-state index in [0.717, 1.165) is 23.1 Å². The average molecular weight is 242 g/mol. The molecule has 2 atom stereocenters. The van der Waals surface area contributed by atoms with Gasteiger partial charge in [0.05, 0.1) is 0 Å². The van der Waals surface area contributed by atoms with Gasteiger partial charge < -0.3 is 5.32 Å². The maximum atomic E-state index is 6.02. The van der Waals surface area contributed by atoms with E-state index in [1.54, 1.807) is 6.07 Å². The van der Waals surface area contributed by atoms with Gasteiger partial charge in [-0.15, -0.1) is 0 Å². The molecule has 3 heteroatoms. The first-order valence-electron chi connectivity index (χ1n) is 5.36. The molecule has 2 aliphatic rings. The molecule has 0 radical (unpaired) electrons. The van der Waals surface area contributed by atoms with Crippen LogP contribution in [0.2, 0.25) is 10.0 Å². The summed E-state index contributed by atoms with van der Waals surface area (Å²) in [6.07, 6.45) is 2.58. The smallest absolute Gasteiger partial charge is 0.0423 e. The van der Waals surface area contributed by atoms with Crippen LogP contribution >= 0.6 is 23.2 Å². The number of nitrogens with one attached hydrogen (secondary N) is 1. The van der Waals surface area contributed by atoms with Crippen LogP contribution in [0.1, 0.15) is 24.3 Å². The predicted octanol–water partition coefficient (Wildman–Crippen LogP) is 3.46. The number of rotatable bonds is 1. The summed E-state index contributed by atoms with van der Waals surface area (Å²) in [5.74, 6) is 0.670. The Morgan fingerprint density at radius 3 is 2.53 bits per heavy atom. The molecule has 1 nitrogen and oxygen atoms in total. The quantitative estimate of drug-likeness (QED) is 0.795. The third-order valence-corrected chi connectivity index (χ3v) is 4.19. The molecule has 0 amide bonds. The number of benzene rings is 1. The second-order valence-electron chi connectivity index (χ2n) is 4.75. The monoisotopic (exact) mass is 241 g/mol. The number of hydrogen-bond acceptors (Lipinski definition) is 1. The second-order valence-corrected chi connectivity index (χ2v) is 5.62. The van der Waals surface area contributed by atoms with E-state index < -0.39 is 0 Å². The van der Waals surface area contributed by atoms with E-state index in [9.17, 15) is 0 Å². The third-order valence-electron chi connectivity index (χ3n) is 3.75. The molecular weight excluding hydrogens is 229 g/mol. The molecule has 3 rings (SSSR count). The van der Waals surface area contributed by atoms with Crippen LogP contribution in [-0.4, -0.2) is 13.1 Å². The van der Waals surface area contributed by atoms with E-state index in [1.165, 1.54) is 18.4 Å². The lowest BCUT2D eigenvalue weighted by molar-refractivity contribution is 0.549. The van der Waals surface area contributed by atoms with Crippen molar-refractivity contribution >= 4 is 23.2 Å². The molecule has 1 aromatic carbocycles. The molecule has 1 unspecified atom stereocenters. The van der Waals surface area contributed by atoms with E-state index >= 15 is 0 Å². The molecule has 0 bridgehead atoms. The highest BCUT2D eigenvalue weighted by Gasteiger charge is 2.55. The molecular formula is C12H13Cl2N. The molecule has 0 aromatic heterocycles. The lowest BCUT2D eigenvalue weighted by Gasteiger charge is -2.08. The zero-order valence-electron chi connectivity index (χ0n) is 8.39. The summed E-state index contributed by atoms with van der Waals surface area (Å²) in [7, 11) is 0. The minimum Gasteiger partial charge on any atom is -0.316 e. The van der Waals surface area contributed by atoms with Crippen molar-refractivity contribution in [2.75, 3.05) is 13.1 Å². The van der Waals surface area contributed by atoms with Crippen LogP contribution < -0.4 is 5.32 Å². The fraction of sp³-hybridized carbons (Fsp3) is 0.500. The van der Waals surface area contributed by atoms with Gasteiger partial charge in [0, 0.05) is 16.6 Å². The highest BCUT2D eigenvalue weighted by molar-refractivity contribution is 6.34. The van der Waals surface area contributed by atoms with Crippen molar-refractivity contribution in [2.45, 2.75) is 18.8 Å². The largest absolute Gasteiger partial charge is 0.316 e. The Morgan fingerprint density at radius 2 is 1.93 bits per heavy atom. The minimum atomic E-state index is 0.522. The first-order valence-corrected chi connectivity index (χ1v) is 6.12. The van der Waals surface area contributed by atoms with Gasteiger partial charge in [0.25, 0.3) is 0 Å². The summed E-state index contributed by atoms with van der Waals surface area (Å²) in [4.78, 5) is 0. The van der Waals surface area contributed by atoms with E-state index in [1.807, 2.05) is 0 Å². The summed E-state index contributed by atoms with van der Waals surface area (Å²) >= 11 is 12.0. The summed E-state index contributed by atoms with van der Waals surface area (Å²) in [5.41, 5.74) is 1.84. The van der Waals surface area contributed by atoms with Crippen molar-refractivity contribution in [1.29, 1.82) is 0 Å².